The highest BCUT2D eigenvalue weighted by molar-refractivity contribution is 5.93. The molecule has 1 aliphatic heterocycles. The van der Waals surface area contributed by atoms with Crippen LogP contribution in [0.2, 0.25) is 0 Å². The monoisotopic (exact) mass is 413 g/mol. The molecule has 9 heteroatoms. The largest absolute Gasteiger partial charge is 0.366 e. The van der Waals surface area contributed by atoms with Crippen molar-refractivity contribution in [1.29, 1.82) is 0 Å². The van der Waals surface area contributed by atoms with Crippen LogP contribution < -0.4 is 16.4 Å². The Bertz CT molecular complexity index is 911. The minimum atomic E-state index is -0.511. The van der Waals surface area contributed by atoms with E-state index in [1.54, 1.807) is 23.1 Å². The van der Waals surface area contributed by atoms with E-state index in [4.69, 9.17) is 5.73 Å². The van der Waals surface area contributed by atoms with Crippen molar-refractivity contribution in [3.05, 3.63) is 65.5 Å². The molecule has 0 bridgehead atoms. The maximum atomic E-state index is 12.9. The van der Waals surface area contributed by atoms with Gasteiger partial charge >= 0.3 is 6.03 Å². The van der Waals surface area contributed by atoms with Crippen LogP contribution in [0.15, 0.2) is 48.5 Å². The lowest BCUT2D eigenvalue weighted by atomic mass is 10.1. The molecule has 2 aromatic rings. The maximum Gasteiger partial charge on any atom is 0.317 e. The van der Waals surface area contributed by atoms with Crippen LogP contribution in [-0.2, 0) is 11.3 Å². The number of halogens is 1. The molecule has 0 unspecified atom stereocenters. The van der Waals surface area contributed by atoms with Crippen molar-refractivity contribution < 1.29 is 18.8 Å². The summed E-state index contributed by atoms with van der Waals surface area (Å²) in [6, 6.07) is 12.2. The summed E-state index contributed by atoms with van der Waals surface area (Å²) in [7, 11) is 0. The van der Waals surface area contributed by atoms with Gasteiger partial charge in [-0.15, -0.1) is 0 Å². The first kappa shape index (κ1) is 21.3. The summed E-state index contributed by atoms with van der Waals surface area (Å²) >= 11 is 0. The van der Waals surface area contributed by atoms with Gasteiger partial charge in [-0.2, -0.15) is 0 Å². The van der Waals surface area contributed by atoms with E-state index < -0.39 is 5.91 Å². The highest BCUT2D eigenvalue weighted by Gasteiger charge is 2.22. The molecule has 0 aliphatic carbocycles. The molecule has 1 heterocycles. The van der Waals surface area contributed by atoms with Gasteiger partial charge in [0.15, 0.2) is 0 Å². The van der Waals surface area contributed by atoms with Gasteiger partial charge < -0.3 is 21.3 Å². The van der Waals surface area contributed by atoms with Crippen LogP contribution in [-0.4, -0.2) is 60.4 Å². The second-order valence-corrected chi connectivity index (χ2v) is 7.04. The Morgan fingerprint density at radius 1 is 1.00 bits per heavy atom. The van der Waals surface area contributed by atoms with Gasteiger partial charge in [-0.3, -0.25) is 14.5 Å². The molecule has 1 saturated heterocycles. The molecule has 4 amide bonds. The number of piperazine rings is 1. The van der Waals surface area contributed by atoms with Gasteiger partial charge in [-0.05, 0) is 42.0 Å². The minimum absolute atomic E-state index is 0.186. The highest BCUT2D eigenvalue weighted by Crippen LogP contribution is 2.09. The Kier molecular flexibility index (Phi) is 6.97. The molecule has 0 radical (unpaired) electrons. The summed E-state index contributed by atoms with van der Waals surface area (Å²) in [6.07, 6.45) is 0. The quantitative estimate of drug-likeness (QED) is 0.665. The zero-order valence-electron chi connectivity index (χ0n) is 16.4. The van der Waals surface area contributed by atoms with Gasteiger partial charge in [0.25, 0.3) is 0 Å². The van der Waals surface area contributed by atoms with Crippen LogP contribution >= 0.6 is 0 Å². The third-order valence-corrected chi connectivity index (χ3v) is 4.81. The van der Waals surface area contributed by atoms with Crippen molar-refractivity contribution in [2.75, 3.05) is 38.0 Å². The number of anilines is 1. The number of hydrogen-bond acceptors (Lipinski definition) is 4. The van der Waals surface area contributed by atoms with Crippen molar-refractivity contribution in [1.82, 2.24) is 15.1 Å². The summed E-state index contributed by atoms with van der Waals surface area (Å²) in [4.78, 5) is 39.4. The second-order valence-electron chi connectivity index (χ2n) is 7.04. The van der Waals surface area contributed by atoms with Crippen molar-refractivity contribution in [3.8, 4) is 0 Å². The molecular formula is C21H24FN5O3. The lowest BCUT2D eigenvalue weighted by molar-refractivity contribution is -0.117. The average molecular weight is 413 g/mol. The lowest BCUT2D eigenvalue weighted by Gasteiger charge is -2.34. The van der Waals surface area contributed by atoms with Crippen molar-refractivity contribution >= 4 is 23.5 Å². The summed E-state index contributed by atoms with van der Waals surface area (Å²) in [6.45, 7) is 2.63. The molecule has 1 aliphatic rings. The van der Waals surface area contributed by atoms with E-state index in [0.717, 1.165) is 5.56 Å². The van der Waals surface area contributed by atoms with Crippen LogP contribution in [0.5, 0.6) is 0 Å². The van der Waals surface area contributed by atoms with E-state index in [9.17, 15) is 18.8 Å². The van der Waals surface area contributed by atoms with E-state index in [-0.39, 0.29) is 24.3 Å². The molecule has 4 N–H and O–H groups in total. The number of carbonyl (C=O) groups is 3. The van der Waals surface area contributed by atoms with E-state index in [2.05, 4.69) is 10.6 Å². The van der Waals surface area contributed by atoms with E-state index in [0.29, 0.717) is 44.0 Å². The molecular weight excluding hydrogens is 389 g/mol. The zero-order valence-corrected chi connectivity index (χ0v) is 16.4. The van der Waals surface area contributed by atoms with Crippen LogP contribution in [0.1, 0.15) is 15.9 Å². The van der Waals surface area contributed by atoms with Gasteiger partial charge in [-0.1, -0.05) is 12.1 Å². The molecule has 1 fully saturated rings. The number of benzene rings is 2. The number of primary amides is 1. The normalized spacial score (nSPS) is 14.2. The molecule has 0 aromatic heterocycles. The average Bonchev–Trinajstić information content (AvgIpc) is 2.74. The minimum Gasteiger partial charge on any atom is -0.366 e. The number of nitrogens with zero attached hydrogens (tertiary/aromatic N) is 2. The SMILES string of the molecule is NC(=O)c1cccc(CNC(=O)N2CCN(CC(=O)Nc3ccc(F)cc3)CC2)c1. The fraction of sp³-hybridized carbons (Fsp3) is 0.286. The van der Waals surface area contributed by atoms with Gasteiger partial charge in [0, 0.05) is 44.0 Å². The number of nitrogens with one attached hydrogen (secondary N) is 2. The maximum absolute atomic E-state index is 12.9. The Hall–Kier alpha value is -3.46. The Morgan fingerprint density at radius 3 is 2.37 bits per heavy atom. The van der Waals surface area contributed by atoms with Gasteiger partial charge in [0.2, 0.25) is 11.8 Å². The molecule has 0 atom stereocenters. The number of nitrogens with two attached hydrogens (primary N) is 1. The number of carbonyl (C=O) groups excluding carboxylic acids is 3. The highest BCUT2D eigenvalue weighted by atomic mass is 19.1. The third-order valence-electron chi connectivity index (χ3n) is 4.81. The fourth-order valence-electron chi connectivity index (χ4n) is 3.17. The molecule has 158 valence electrons. The van der Waals surface area contributed by atoms with Crippen molar-refractivity contribution in [2.24, 2.45) is 5.73 Å². The number of rotatable bonds is 6. The third kappa shape index (κ3) is 6.02. The molecule has 3 rings (SSSR count). The van der Waals surface area contributed by atoms with Crippen LogP contribution in [0, 0.1) is 5.82 Å². The predicted octanol–water partition coefficient (Wildman–Crippen LogP) is 1.39. The summed E-state index contributed by atoms with van der Waals surface area (Å²) < 4.78 is 12.9. The van der Waals surface area contributed by atoms with Gasteiger partial charge in [0.05, 0.1) is 6.54 Å². The molecule has 0 spiro atoms. The van der Waals surface area contributed by atoms with Crippen molar-refractivity contribution in [2.45, 2.75) is 6.54 Å². The van der Waals surface area contributed by atoms with E-state index in [1.807, 2.05) is 11.0 Å². The Labute approximate surface area is 173 Å². The number of hydrogen-bond donors (Lipinski definition) is 3. The van der Waals surface area contributed by atoms with Crippen LogP contribution in [0.3, 0.4) is 0 Å². The topological polar surface area (TPSA) is 108 Å². The number of amides is 4. The zero-order chi connectivity index (χ0) is 21.5. The van der Waals surface area contributed by atoms with Crippen molar-refractivity contribution in [3.63, 3.8) is 0 Å². The first-order valence-electron chi connectivity index (χ1n) is 9.60. The fourth-order valence-corrected chi connectivity index (χ4v) is 3.17. The van der Waals surface area contributed by atoms with E-state index in [1.165, 1.54) is 24.3 Å². The second kappa shape index (κ2) is 9.84. The van der Waals surface area contributed by atoms with E-state index >= 15 is 0 Å². The standard InChI is InChI=1S/C21H24FN5O3/c22-17-4-6-18(7-5-17)25-19(28)14-26-8-10-27(11-9-26)21(30)24-13-15-2-1-3-16(12-15)20(23)29/h1-7,12H,8-11,13-14H2,(H2,23,29)(H,24,30)(H,25,28). The summed E-state index contributed by atoms with van der Waals surface area (Å²) in [5, 5.41) is 5.56. The predicted molar refractivity (Wildman–Crippen MR) is 110 cm³/mol. The first-order valence-corrected chi connectivity index (χ1v) is 9.60. The molecule has 2 aromatic carbocycles. The van der Waals surface area contributed by atoms with Gasteiger partial charge in [-0.25, -0.2) is 9.18 Å². The summed E-state index contributed by atoms with van der Waals surface area (Å²) in [5.41, 5.74) is 7.00. The Balaban J connectivity index is 1.40. The Morgan fingerprint density at radius 2 is 1.70 bits per heavy atom. The molecule has 30 heavy (non-hydrogen) atoms. The molecule has 0 saturated carbocycles. The molecule has 8 nitrogen and oxygen atoms in total. The number of urea groups is 1. The summed E-state index contributed by atoms with van der Waals surface area (Å²) in [5.74, 6) is -1.06. The van der Waals surface area contributed by atoms with Crippen LogP contribution in [0.4, 0.5) is 14.9 Å². The lowest BCUT2D eigenvalue weighted by Crippen LogP contribution is -2.52. The smallest absolute Gasteiger partial charge is 0.317 e. The van der Waals surface area contributed by atoms with Gasteiger partial charge in [0.1, 0.15) is 5.82 Å². The first-order chi connectivity index (χ1) is 14.4. The van der Waals surface area contributed by atoms with Crippen LogP contribution in [0.25, 0.3) is 0 Å².